The Morgan fingerprint density at radius 1 is 0.339 bits per heavy atom. The summed E-state index contributed by atoms with van der Waals surface area (Å²) < 4.78 is 2.61. The van der Waals surface area contributed by atoms with E-state index in [1.807, 2.05) is 0 Å². The Balaban J connectivity index is 1.28. The van der Waals surface area contributed by atoms with Crippen LogP contribution in [0.4, 0.5) is 17.1 Å². The first kappa shape index (κ1) is 30.3. The summed E-state index contributed by atoms with van der Waals surface area (Å²) in [5.41, 5.74) is 15.6. The maximum Gasteiger partial charge on any atom is 0.247 e. The van der Waals surface area contributed by atoms with Crippen LogP contribution in [0, 0.1) is 0 Å². The summed E-state index contributed by atoms with van der Waals surface area (Å²) in [5, 5.41) is 10.5. The van der Waals surface area contributed by atoms with Crippen LogP contribution in [-0.2, 0) is 0 Å². The molecular weight excluding hydrogens is 674 g/mol. The van der Waals surface area contributed by atoms with E-state index in [0.29, 0.717) is 0 Å². The monoisotopic (exact) mass is 706 g/mol. The molecule has 10 aromatic carbocycles. The van der Waals surface area contributed by atoms with E-state index < -0.39 is 0 Å². The first-order valence-electron chi connectivity index (χ1n) is 19.7. The molecule has 0 saturated heterocycles. The molecule has 0 aliphatic carbocycles. The highest BCUT2D eigenvalue weighted by molar-refractivity contribution is 7.01. The van der Waals surface area contributed by atoms with Gasteiger partial charge in [-0.05, 0) is 62.3 Å². The van der Waals surface area contributed by atoms with Crippen molar-refractivity contribution in [3.8, 4) is 5.69 Å². The average molecular weight is 706 g/mol. The molecule has 0 amide bonds. The fraction of sp³-hybridized carbons (Fsp3) is 0. The van der Waals surface area contributed by atoms with Gasteiger partial charge in [-0.25, -0.2) is 0 Å². The molecule has 0 spiro atoms. The first-order chi connectivity index (χ1) is 27.9. The van der Waals surface area contributed by atoms with Crippen molar-refractivity contribution in [1.29, 1.82) is 0 Å². The Bertz CT molecular complexity index is 3370. The number of nitrogens with zero attached hydrogens (tertiary/aromatic N) is 2. The Hall–Kier alpha value is -7.03. The van der Waals surface area contributed by atoms with Gasteiger partial charge in [0.25, 0.3) is 0 Å². The SMILES string of the molecule is c1ccc(B2c3ccccc3N(c3ccccc3)c3c2c2cccc4c5c(c6cccc3c6c24)-n2c3ccccc3c3cccc(c32)B5c2ccccc2)cc1. The largest absolute Gasteiger partial charge is 0.311 e. The average Bonchev–Trinajstić information content (AvgIpc) is 3.61. The summed E-state index contributed by atoms with van der Waals surface area (Å²) >= 11 is 0. The van der Waals surface area contributed by atoms with Gasteiger partial charge >= 0.3 is 0 Å². The van der Waals surface area contributed by atoms with E-state index in [1.54, 1.807) is 0 Å². The van der Waals surface area contributed by atoms with Gasteiger partial charge in [-0.2, -0.15) is 0 Å². The van der Waals surface area contributed by atoms with E-state index in [-0.39, 0.29) is 13.4 Å². The van der Waals surface area contributed by atoms with Gasteiger partial charge in [0, 0.05) is 55.2 Å². The number of para-hydroxylation sites is 4. The highest BCUT2D eigenvalue weighted by Gasteiger charge is 2.41. The van der Waals surface area contributed by atoms with Crippen molar-refractivity contribution in [2.75, 3.05) is 4.90 Å². The van der Waals surface area contributed by atoms with Gasteiger partial charge in [-0.3, -0.25) is 0 Å². The van der Waals surface area contributed by atoms with Crippen LogP contribution in [0.2, 0.25) is 0 Å². The van der Waals surface area contributed by atoms with Crippen LogP contribution in [0.25, 0.3) is 59.8 Å². The molecule has 0 atom stereocenters. The van der Waals surface area contributed by atoms with E-state index in [0.717, 1.165) is 0 Å². The minimum Gasteiger partial charge on any atom is -0.311 e. The smallest absolute Gasteiger partial charge is 0.247 e. The van der Waals surface area contributed by atoms with Crippen molar-refractivity contribution in [3.05, 3.63) is 194 Å². The zero-order valence-corrected chi connectivity index (χ0v) is 30.5. The molecule has 2 nitrogen and oxygen atoms in total. The predicted octanol–water partition coefficient (Wildman–Crippen LogP) is 8.81. The number of hydrogen-bond acceptors (Lipinski definition) is 1. The van der Waals surface area contributed by atoms with E-state index in [1.165, 1.54) is 110 Å². The summed E-state index contributed by atoms with van der Waals surface area (Å²) in [6.07, 6.45) is 0. The van der Waals surface area contributed by atoms with Gasteiger partial charge in [0.2, 0.25) is 13.4 Å². The van der Waals surface area contributed by atoms with E-state index in [2.05, 4.69) is 204 Å². The first-order valence-corrected chi connectivity index (χ1v) is 19.7. The lowest BCUT2D eigenvalue weighted by Gasteiger charge is -2.39. The third kappa shape index (κ3) is 3.83. The highest BCUT2D eigenvalue weighted by atomic mass is 15.2. The summed E-state index contributed by atoms with van der Waals surface area (Å²) in [5.74, 6) is 0. The fourth-order valence-corrected chi connectivity index (χ4v) is 10.8. The number of anilines is 3. The quantitative estimate of drug-likeness (QED) is 0.132. The molecule has 56 heavy (non-hydrogen) atoms. The zero-order chi connectivity index (χ0) is 36.5. The second kappa shape index (κ2) is 11.3. The van der Waals surface area contributed by atoms with Crippen LogP contribution in [0.3, 0.4) is 0 Å². The lowest BCUT2D eigenvalue weighted by atomic mass is 9.33. The Kier molecular flexibility index (Phi) is 6.09. The van der Waals surface area contributed by atoms with Gasteiger partial charge in [0.15, 0.2) is 0 Å². The molecule has 0 radical (unpaired) electrons. The Morgan fingerprint density at radius 3 is 1.55 bits per heavy atom. The number of rotatable bonds is 3. The van der Waals surface area contributed by atoms with Crippen molar-refractivity contribution in [2.45, 2.75) is 0 Å². The summed E-state index contributed by atoms with van der Waals surface area (Å²) in [7, 11) is 0. The Morgan fingerprint density at radius 2 is 0.821 bits per heavy atom. The minimum atomic E-state index is 0.0473. The second-order valence-corrected chi connectivity index (χ2v) is 15.5. The normalized spacial score (nSPS) is 13.2. The van der Waals surface area contributed by atoms with Crippen molar-refractivity contribution in [2.24, 2.45) is 0 Å². The van der Waals surface area contributed by atoms with Gasteiger partial charge in [0.05, 0.1) is 5.52 Å². The minimum absolute atomic E-state index is 0.0473. The molecule has 256 valence electrons. The van der Waals surface area contributed by atoms with Gasteiger partial charge in [-0.15, -0.1) is 0 Å². The molecule has 13 rings (SSSR count). The molecule has 2 aliphatic rings. The maximum atomic E-state index is 2.61. The number of hydrogen-bond donors (Lipinski definition) is 0. The van der Waals surface area contributed by atoms with Crippen LogP contribution in [0.5, 0.6) is 0 Å². The van der Waals surface area contributed by atoms with Crippen molar-refractivity contribution in [3.63, 3.8) is 0 Å². The maximum absolute atomic E-state index is 2.61. The molecule has 4 heteroatoms. The molecular formula is C52H32B2N2. The lowest BCUT2D eigenvalue weighted by molar-refractivity contribution is 1.21. The summed E-state index contributed by atoms with van der Waals surface area (Å²) in [4.78, 5) is 2.55. The van der Waals surface area contributed by atoms with E-state index in [4.69, 9.17) is 0 Å². The molecule has 0 bridgehead atoms. The predicted molar refractivity (Wildman–Crippen MR) is 241 cm³/mol. The third-order valence-electron chi connectivity index (χ3n) is 12.8. The molecule has 0 unspecified atom stereocenters. The van der Waals surface area contributed by atoms with Gasteiger partial charge in [0.1, 0.15) is 0 Å². The topological polar surface area (TPSA) is 8.17 Å². The number of fused-ring (bicyclic) bond motifs is 11. The van der Waals surface area contributed by atoms with Gasteiger partial charge in [-0.1, -0.05) is 181 Å². The van der Waals surface area contributed by atoms with Crippen molar-refractivity contribution in [1.82, 2.24) is 4.57 Å². The number of aromatic nitrogens is 1. The third-order valence-corrected chi connectivity index (χ3v) is 12.8. The van der Waals surface area contributed by atoms with Gasteiger partial charge < -0.3 is 9.47 Å². The van der Waals surface area contributed by atoms with Crippen LogP contribution in [0.15, 0.2) is 194 Å². The molecule has 0 saturated carbocycles. The molecule has 0 N–H and O–H groups in total. The van der Waals surface area contributed by atoms with Crippen molar-refractivity contribution >= 4 is 117 Å². The standard InChI is InChI=1S/C52H32B2N2/c1-4-17-33(18-5-1)53-42-29-11-13-32-45(42)55(35-21-8-3-9-22-35)51-40-27-15-28-41-47(40)46-38(48(51)53)25-14-26-39(46)49-52(41)56-44-31-12-10-23-36(44)37-24-16-30-43(50(37)56)54(49)34-19-6-2-7-20-34/h1-32H. The lowest BCUT2D eigenvalue weighted by Crippen LogP contribution is -2.58. The Labute approximate surface area is 325 Å². The zero-order valence-electron chi connectivity index (χ0n) is 30.5. The van der Waals surface area contributed by atoms with E-state index >= 15 is 0 Å². The highest BCUT2D eigenvalue weighted by Crippen LogP contribution is 2.48. The fourth-order valence-electron chi connectivity index (χ4n) is 10.8. The van der Waals surface area contributed by atoms with Crippen LogP contribution in [-0.4, -0.2) is 18.0 Å². The summed E-state index contributed by atoms with van der Waals surface area (Å²) in [6, 6.07) is 72.6. The molecule has 2 aliphatic heterocycles. The molecule has 0 fully saturated rings. The van der Waals surface area contributed by atoms with Crippen LogP contribution in [0.1, 0.15) is 0 Å². The van der Waals surface area contributed by atoms with E-state index in [9.17, 15) is 0 Å². The number of benzene rings is 10. The van der Waals surface area contributed by atoms with Crippen molar-refractivity contribution < 1.29 is 0 Å². The molecule has 1 aromatic heterocycles. The summed E-state index contributed by atoms with van der Waals surface area (Å²) in [6.45, 7) is 0.106. The second-order valence-electron chi connectivity index (χ2n) is 15.5. The van der Waals surface area contributed by atoms with Crippen LogP contribution < -0.4 is 37.7 Å². The molecule has 3 heterocycles. The van der Waals surface area contributed by atoms with Crippen LogP contribution >= 0.6 is 0 Å². The molecule has 11 aromatic rings.